The molecule has 0 aliphatic heterocycles. The second kappa shape index (κ2) is 10.7. The third-order valence-corrected chi connectivity index (χ3v) is 5.29. The zero-order chi connectivity index (χ0) is 24.1. The van der Waals surface area contributed by atoms with E-state index in [0.29, 0.717) is 10.9 Å². The second-order valence-electron chi connectivity index (χ2n) is 7.59. The number of nitrogens with one attached hydrogen (secondary N) is 1. The van der Waals surface area contributed by atoms with Crippen LogP contribution in [0.1, 0.15) is 36.8 Å². The van der Waals surface area contributed by atoms with E-state index in [1.807, 2.05) is 0 Å². The van der Waals surface area contributed by atoms with Gasteiger partial charge >= 0.3 is 12.3 Å². The van der Waals surface area contributed by atoms with Crippen molar-refractivity contribution in [1.29, 1.82) is 0 Å². The monoisotopic (exact) mass is 475 g/mol. The topological polar surface area (TPSA) is 86.6 Å². The van der Waals surface area contributed by atoms with Crippen molar-refractivity contribution in [3.05, 3.63) is 64.4 Å². The van der Waals surface area contributed by atoms with Crippen LogP contribution in [0.25, 0.3) is 0 Å². The fourth-order valence-corrected chi connectivity index (χ4v) is 3.31. The lowest BCUT2D eigenvalue weighted by molar-refractivity contribution is -0.178. The maximum atomic E-state index is 14.2. The Morgan fingerprint density at radius 1 is 1.12 bits per heavy atom. The molecule has 0 spiro atoms. The maximum Gasteiger partial charge on any atom is 0.503 e. The fraction of sp³-hybridized carbons (Fsp3) is 0.364. The van der Waals surface area contributed by atoms with Gasteiger partial charge in [0.15, 0.2) is 0 Å². The SMILES string of the molecule is C[C@H]([C@H](C(=O)Nc1cc(CC2CC2)ccc1F)c1ccc(Cl)cc1)C(F)(F)F.O=C(O)O. The number of hydrogen-bond acceptors (Lipinski definition) is 2. The van der Waals surface area contributed by atoms with Gasteiger partial charge in [0.2, 0.25) is 5.91 Å². The van der Waals surface area contributed by atoms with E-state index < -0.39 is 35.9 Å². The molecule has 2 atom stereocenters. The highest BCUT2D eigenvalue weighted by Gasteiger charge is 2.45. The minimum atomic E-state index is -4.59. The largest absolute Gasteiger partial charge is 0.503 e. The lowest BCUT2D eigenvalue weighted by atomic mass is 9.86. The van der Waals surface area contributed by atoms with Crippen molar-refractivity contribution in [2.75, 3.05) is 5.32 Å². The highest BCUT2D eigenvalue weighted by Crippen LogP contribution is 2.39. The Bertz CT molecular complexity index is 942. The summed E-state index contributed by atoms with van der Waals surface area (Å²) in [5.74, 6) is -4.51. The first-order chi connectivity index (χ1) is 14.9. The van der Waals surface area contributed by atoms with Gasteiger partial charge in [-0.25, -0.2) is 9.18 Å². The standard InChI is InChI=1S/C21H20ClF4NO.CH2O3/c1-12(21(24,25)26)19(15-5-7-16(22)8-6-15)20(28)27-18-11-14(4-9-17(18)23)10-13-2-3-13;2-1(3)4/h4-9,11-13,19H,2-3,10H2,1H3,(H,27,28);(H2,2,3,4)/t12-,19+;/m1./s1. The molecule has 1 aliphatic rings. The van der Waals surface area contributed by atoms with E-state index >= 15 is 0 Å². The molecule has 3 rings (SSSR count). The van der Waals surface area contributed by atoms with Crippen LogP contribution in [0.2, 0.25) is 5.02 Å². The summed E-state index contributed by atoms with van der Waals surface area (Å²) in [5.41, 5.74) is 0.920. The molecule has 0 heterocycles. The Balaban J connectivity index is 0.000000837. The quantitative estimate of drug-likeness (QED) is 0.412. The van der Waals surface area contributed by atoms with E-state index in [1.165, 1.54) is 36.4 Å². The number of carbonyl (C=O) groups excluding carboxylic acids is 1. The van der Waals surface area contributed by atoms with E-state index in [4.69, 9.17) is 26.6 Å². The lowest BCUT2D eigenvalue weighted by Gasteiger charge is -2.26. The number of halogens is 5. The molecule has 174 valence electrons. The van der Waals surface area contributed by atoms with Gasteiger partial charge in [-0.3, -0.25) is 4.79 Å². The normalized spacial score (nSPS) is 15.2. The number of benzene rings is 2. The van der Waals surface area contributed by atoms with Crippen molar-refractivity contribution in [1.82, 2.24) is 0 Å². The van der Waals surface area contributed by atoms with Crippen LogP contribution < -0.4 is 5.32 Å². The number of rotatable bonds is 6. The number of carboxylic acid groups (broad SMARTS) is 2. The molecular weight excluding hydrogens is 454 g/mol. The van der Waals surface area contributed by atoms with E-state index in [0.717, 1.165) is 31.7 Å². The van der Waals surface area contributed by atoms with Gasteiger partial charge in [0.25, 0.3) is 0 Å². The fourth-order valence-electron chi connectivity index (χ4n) is 3.19. The smallest absolute Gasteiger partial charge is 0.450 e. The Hall–Kier alpha value is -2.81. The predicted octanol–water partition coefficient (Wildman–Crippen LogP) is 6.57. The molecule has 2 aromatic rings. The average Bonchev–Trinajstić information content (AvgIpc) is 3.49. The van der Waals surface area contributed by atoms with Crippen molar-refractivity contribution >= 4 is 29.4 Å². The molecule has 0 saturated heterocycles. The van der Waals surface area contributed by atoms with Gasteiger partial charge in [-0.05, 0) is 60.6 Å². The number of amides is 1. The lowest BCUT2D eigenvalue weighted by Crippen LogP contribution is -2.34. The Kier molecular flexibility index (Phi) is 8.49. The average molecular weight is 476 g/mol. The molecule has 10 heteroatoms. The van der Waals surface area contributed by atoms with Crippen LogP contribution in [-0.4, -0.2) is 28.5 Å². The zero-order valence-corrected chi connectivity index (χ0v) is 17.8. The van der Waals surface area contributed by atoms with Gasteiger partial charge in [-0.15, -0.1) is 0 Å². The van der Waals surface area contributed by atoms with Crippen LogP contribution in [0.3, 0.4) is 0 Å². The van der Waals surface area contributed by atoms with Crippen molar-refractivity contribution in [2.24, 2.45) is 11.8 Å². The van der Waals surface area contributed by atoms with Crippen molar-refractivity contribution in [3.8, 4) is 0 Å². The number of alkyl halides is 3. The minimum absolute atomic E-state index is 0.100. The summed E-state index contributed by atoms with van der Waals surface area (Å²) in [5, 5.41) is 16.7. The van der Waals surface area contributed by atoms with E-state index in [9.17, 15) is 22.4 Å². The molecule has 0 bridgehead atoms. The van der Waals surface area contributed by atoms with Gasteiger partial charge < -0.3 is 15.5 Å². The molecule has 32 heavy (non-hydrogen) atoms. The van der Waals surface area contributed by atoms with Crippen LogP contribution in [0.5, 0.6) is 0 Å². The molecule has 1 fully saturated rings. The van der Waals surface area contributed by atoms with Gasteiger partial charge in [-0.2, -0.15) is 13.2 Å². The molecular formula is C22H22ClF4NO4. The molecule has 5 nitrogen and oxygen atoms in total. The van der Waals surface area contributed by atoms with Crippen LogP contribution in [0, 0.1) is 17.7 Å². The third-order valence-electron chi connectivity index (χ3n) is 5.04. The highest BCUT2D eigenvalue weighted by atomic mass is 35.5. The first-order valence-electron chi connectivity index (χ1n) is 9.71. The van der Waals surface area contributed by atoms with Crippen molar-refractivity contribution < 1.29 is 37.4 Å². The first kappa shape index (κ1) is 25.5. The summed E-state index contributed by atoms with van der Waals surface area (Å²) < 4.78 is 54.3. The van der Waals surface area contributed by atoms with Gasteiger partial charge in [-0.1, -0.05) is 36.7 Å². The Morgan fingerprint density at radius 2 is 1.69 bits per heavy atom. The summed E-state index contributed by atoms with van der Waals surface area (Å²) in [4.78, 5) is 21.3. The van der Waals surface area contributed by atoms with Gasteiger partial charge in [0.05, 0.1) is 17.5 Å². The number of hydrogen-bond donors (Lipinski definition) is 3. The Labute approximate surface area is 187 Å². The van der Waals surface area contributed by atoms with E-state index in [2.05, 4.69) is 5.32 Å². The summed E-state index contributed by atoms with van der Waals surface area (Å²) in [6, 6.07) is 10.00. The minimum Gasteiger partial charge on any atom is -0.450 e. The van der Waals surface area contributed by atoms with Crippen LogP contribution in [0.15, 0.2) is 42.5 Å². The summed E-state index contributed by atoms with van der Waals surface area (Å²) in [6.45, 7) is 0.943. The predicted molar refractivity (Wildman–Crippen MR) is 112 cm³/mol. The molecule has 0 unspecified atom stereocenters. The van der Waals surface area contributed by atoms with E-state index in [1.54, 1.807) is 6.07 Å². The van der Waals surface area contributed by atoms with E-state index in [-0.39, 0.29) is 11.3 Å². The number of anilines is 1. The molecule has 2 aromatic carbocycles. The van der Waals surface area contributed by atoms with Crippen molar-refractivity contribution in [3.63, 3.8) is 0 Å². The molecule has 0 aromatic heterocycles. The Morgan fingerprint density at radius 3 is 2.19 bits per heavy atom. The van der Waals surface area contributed by atoms with Crippen LogP contribution in [-0.2, 0) is 11.2 Å². The zero-order valence-electron chi connectivity index (χ0n) is 17.0. The van der Waals surface area contributed by atoms with Gasteiger partial charge in [0, 0.05) is 5.02 Å². The molecule has 1 saturated carbocycles. The summed E-state index contributed by atoms with van der Waals surface area (Å²) >= 11 is 5.81. The molecule has 1 aliphatic carbocycles. The molecule has 1 amide bonds. The number of carbonyl (C=O) groups is 2. The van der Waals surface area contributed by atoms with Crippen LogP contribution >= 0.6 is 11.6 Å². The van der Waals surface area contributed by atoms with Crippen LogP contribution in [0.4, 0.5) is 28.0 Å². The second-order valence-corrected chi connectivity index (χ2v) is 8.03. The maximum absolute atomic E-state index is 14.2. The van der Waals surface area contributed by atoms with Crippen molar-refractivity contribution in [2.45, 2.75) is 38.3 Å². The molecule has 0 radical (unpaired) electrons. The third kappa shape index (κ3) is 7.71. The first-order valence-corrected chi connectivity index (χ1v) is 10.1. The molecule has 3 N–H and O–H groups in total. The highest BCUT2D eigenvalue weighted by molar-refractivity contribution is 6.30. The van der Waals surface area contributed by atoms with Gasteiger partial charge in [0.1, 0.15) is 5.82 Å². The summed E-state index contributed by atoms with van der Waals surface area (Å²) in [7, 11) is 0. The summed E-state index contributed by atoms with van der Waals surface area (Å²) in [6.07, 6.45) is -3.43.